The lowest BCUT2D eigenvalue weighted by molar-refractivity contribution is -0.159. The summed E-state index contributed by atoms with van der Waals surface area (Å²) in [6, 6.07) is 8.94. The highest BCUT2D eigenvalue weighted by Crippen LogP contribution is 2.49. The van der Waals surface area contributed by atoms with Crippen molar-refractivity contribution in [2.45, 2.75) is 33.1 Å². The molecule has 0 aromatic heterocycles. The van der Waals surface area contributed by atoms with Crippen molar-refractivity contribution in [2.24, 2.45) is 5.41 Å². The number of likely N-dealkylation sites (tertiary alicyclic amines) is 1. The van der Waals surface area contributed by atoms with E-state index in [1.165, 1.54) is 30.4 Å². The van der Waals surface area contributed by atoms with Crippen LogP contribution in [0.1, 0.15) is 37.8 Å². The fourth-order valence-corrected chi connectivity index (χ4v) is 4.17. The maximum absolute atomic E-state index is 9.10. The molecule has 0 unspecified atom stereocenters. The number of piperidine rings is 1. The topological polar surface area (TPSA) is 107 Å². The van der Waals surface area contributed by atoms with Gasteiger partial charge in [0.15, 0.2) is 0 Å². The van der Waals surface area contributed by atoms with Gasteiger partial charge in [-0.1, -0.05) is 43.7 Å². The Morgan fingerprint density at radius 3 is 2.28 bits per heavy atom. The van der Waals surface area contributed by atoms with Gasteiger partial charge in [-0.2, -0.15) is 0 Å². The van der Waals surface area contributed by atoms with Crippen LogP contribution in [0.25, 0.3) is 5.57 Å². The number of ether oxygens (including phenoxy) is 1. The summed E-state index contributed by atoms with van der Waals surface area (Å²) >= 11 is 0. The van der Waals surface area contributed by atoms with Crippen LogP contribution in [0.3, 0.4) is 0 Å². The Morgan fingerprint density at radius 2 is 1.69 bits per heavy atom. The number of aliphatic hydroxyl groups excluding tert-OH is 1. The highest BCUT2D eigenvalue weighted by molar-refractivity contribution is 6.27. The monoisotopic (exact) mass is 405 g/mol. The lowest BCUT2D eigenvalue weighted by Gasteiger charge is -2.32. The largest absolute Gasteiger partial charge is 0.473 e. The van der Waals surface area contributed by atoms with Gasteiger partial charge in [-0.05, 0) is 41.4 Å². The van der Waals surface area contributed by atoms with E-state index in [0.717, 1.165) is 26.2 Å². The predicted octanol–water partition coefficient (Wildman–Crippen LogP) is 2.28. The number of rotatable bonds is 5. The normalized spacial score (nSPS) is 18.0. The van der Waals surface area contributed by atoms with Gasteiger partial charge in [-0.25, -0.2) is 9.59 Å². The van der Waals surface area contributed by atoms with Gasteiger partial charge in [-0.15, -0.1) is 0 Å². The summed E-state index contributed by atoms with van der Waals surface area (Å²) in [6.07, 6.45) is 3.51. The van der Waals surface area contributed by atoms with Gasteiger partial charge in [0.1, 0.15) is 0 Å². The Balaban J connectivity index is 0.000000438. The number of hydrogen-bond donors (Lipinski definition) is 3. The SMILES string of the molecule is CC1(C)Cc2ccccc2C1=C1CCN(CCOCCO)CC1.O=C(O)C(=O)O. The van der Waals surface area contributed by atoms with Gasteiger partial charge < -0.3 is 25.0 Å². The second-order valence-electron chi connectivity index (χ2n) is 7.98. The number of carboxylic acid groups (broad SMARTS) is 2. The zero-order valence-electron chi connectivity index (χ0n) is 17.2. The third-order valence-corrected chi connectivity index (χ3v) is 5.38. The molecule has 1 aliphatic carbocycles. The predicted molar refractivity (Wildman–Crippen MR) is 110 cm³/mol. The van der Waals surface area contributed by atoms with Crippen molar-refractivity contribution in [1.82, 2.24) is 4.90 Å². The summed E-state index contributed by atoms with van der Waals surface area (Å²) in [7, 11) is 0. The molecule has 7 nitrogen and oxygen atoms in total. The standard InChI is InChI=1S/C20H29NO2.C2H2O4/c1-20(2)15-17-5-3-4-6-18(17)19(20)16-7-9-21(10-8-16)11-13-23-14-12-22;3-1(4)2(5)6/h3-6,22H,7-15H2,1-2H3;(H,3,4)(H,5,6). The van der Waals surface area contributed by atoms with E-state index < -0.39 is 11.9 Å². The molecule has 7 heteroatoms. The zero-order valence-corrected chi connectivity index (χ0v) is 17.2. The van der Waals surface area contributed by atoms with E-state index in [1.807, 2.05) is 0 Å². The number of aliphatic carboxylic acids is 2. The number of carboxylic acids is 2. The van der Waals surface area contributed by atoms with Crippen molar-refractivity contribution >= 4 is 17.5 Å². The van der Waals surface area contributed by atoms with Crippen LogP contribution < -0.4 is 0 Å². The highest BCUT2D eigenvalue weighted by atomic mass is 16.5. The number of allylic oxidation sites excluding steroid dienone is 1. The van der Waals surface area contributed by atoms with Crippen molar-refractivity contribution in [3.63, 3.8) is 0 Å². The maximum atomic E-state index is 9.10. The fraction of sp³-hybridized carbons (Fsp3) is 0.545. The molecular weight excluding hydrogens is 374 g/mol. The number of hydrogen-bond acceptors (Lipinski definition) is 5. The van der Waals surface area contributed by atoms with E-state index in [9.17, 15) is 0 Å². The van der Waals surface area contributed by atoms with Crippen LogP contribution in [0.2, 0.25) is 0 Å². The van der Waals surface area contributed by atoms with Crippen molar-refractivity contribution in [2.75, 3.05) is 39.5 Å². The van der Waals surface area contributed by atoms with E-state index in [0.29, 0.717) is 6.61 Å². The minimum absolute atomic E-state index is 0.116. The van der Waals surface area contributed by atoms with Crippen LogP contribution in [-0.2, 0) is 20.7 Å². The molecule has 1 fully saturated rings. The molecule has 0 radical (unpaired) electrons. The molecule has 160 valence electrons. The fourth-order valence-electron chi connectivity index (χ4n) is 4.17. The van der Waals surface area contributed by atoms with E-state index in [4.69, 9.17) is 29.6 Å². The lowest BCUT2D eigenvalue weighted by Crippen LogP contribution is -2.34. The summed E-state index contributed by atoms with van der Waals surface area (Å²) in [5.74, 6) is -3.65. The smallest absolute Gasteiger partial charge is 0.414 e. The number of fused-ring (bicyclic) bond motifs is 1. The number of nitrogens with zero attached hydrogens (tertiary/aromatic N) is 1. The molecule has 3 N–H and O–H groups in total. The molecule has 0 atom stereocenters. The highest BCUT2D eigenvalue weighted by Gasteiger charge is 2.35. The maximum Gasteiger partial charge on any atom is 0.414 e. The van der Waals surface area contributed by atoms with Crippen LogP contribution in [0.5, 0.6) is 0 Å². The van der Waals surface area contributed by atoms with E-state index in [2.05, 4.69) is 43.0 Å². The molecule has 1 aliphatic heterocycles. The Morgan fingerprint density at radius 1 is 1.07 bits per heavy atom. The summed E-state index contributed by atoms with van der Waals surface area (Å²) in [5.41, 5.74) is 6.55. The number of aliphatic hydroxyl groups is 1. The first-order valence-electron chi connectivity index (χ1n) is 9.94. The average molecular weight is 405 g/mol. The Bertz CT molecular complexity index is 733. The zero-order chi connectivity index (χ0) is 21.4. The molecule has 2 aliphatic rings. The van der Waals surface area contributed by atoms with Crippen molar-refractivity contribution in [1.29, 1.82) is 0 Å². The molecule has 0 bridgehead atoms. The Kier molecular flexibility index (Phi) is 8.37. The number of carbonyl (C=O) groups is 2. The third-order valence-electron chi connectivity index (χ3n) is 5.38. The first-order chi connectivity index (χ1) is 13.8. The molecule has 29 heavy (non-hydrogen) atoms. The van der Waals surface area contributed by atoms with Gasteiger partial charge in [0.2, 0.25) is 0 Å². The number of benzene rings is 1. The van der Waals surface area contributed by atoms with Gasteiger partial charge in [0.05, 0.1) is 19.8 Å². The van der Waals surface area contributed by atoms with E-state index in [-0.39, 0.29) is 12.0 Å². The third kappa shape index (κ3) is 6.39. The van der Waals surface area contributed by atoms with Crippen LogP contribution in [-0.4, -0.2) is 71.6 Å². The first-order valence-corrected chi connectivity index (χ1v) is 9.94. The molecule has 3 rings (SSSR count). The van der Waals surface area contributed by atoms with Gasteiger partial charge >= 0.3 is 11.9 Å². The second-order valence-corrected chi connectivity index (χ2v) is 7.98. The Hall–Kier alpha value is -2.22. The summed E-state index contributed by atoms with van der Waals surface area (Å²) in [6.45, 7) is 9.30. The molecule has 1 aromatic rings. The van der Waals surface area contributed by atoms with Crippen molar-refractivity contribution in [3.8, 4) is 0 Å². The minimum Gasteiger partial charge on any atom is -0.473 e. The first kappa shape index (κ1) is 23.1. The molecule has 0 spiro atoms. The quantitative estimate of drug-likeness (QED) is 0.510. The summed E-state index contributed by atoms with van der Waals surface area (Å²) in [4.78, 5) is 20.7. The molecule has 1 saturated heterocycles. The summed E-state index contributed by atoms with van der Waals surface area (Å²) in [5, 5.41) is 23.5. The molecule has 0 saturated carbocycles. The summed E-state index contributed by atoms with van der Waals surface area (Å²) < 4.78 is 5.39. The van der Waals surface area contributed by atoms with Gasteiger partial charge in [0.25, 0.3) is 0 Å². The van der Waals surface area contributed by atoms with Crippen molar-refractivity contribution < 1.29 is 29.6 Å². The van der Waals surface area contributed by atoms with E-state index >= 15 is 0 Å². The lowest BCUT2D eigenvalue weighted by atomic mass is 9.80. The Labute approximate surface area is 171 Å². The minimum atomic E-state index is -1.82. The van der Waals surface area contributed by atoms with Crippen LogP contribution in [0, 0.1) is 5.41 Å². The van der Waals surface area contributed by atoms with Gasteiger partial charge in [-0.3, -0.25) is 0 Å². The average Bonchev–Trinajstić information content (AvgIpc) is 2.96. The van der Waals surface area contributed by atoms with Crippen LogP contribution >= 0.6 is 0 Å². The molecular formula is C22H31NO6. The van der Waals surface area contributed by atoms with E-state index in [1.54, 1.807) is 11.1 Å². The molecule has 1 heterocycles. The van der Waals surface area contributed by atoms with Gasteiger partial charge in [0, 0.05) is 19.6 Å². The van der Waals surface area contributed by atoms with Crippen molar-refractivity contribution in [3.05, 3.63) is 41.0 Å². The van der Waals surface area contributed by atoms with Crippen LogP contribution in [0.4, 0.5) is 0 Å². The molecule has 0 amide bonds. The van der Waals surface area contributed by atoms with Crippen LogP contribution in [0.15, 0.2) is 29.8 Å². The molecule has 1 aromatic carbocycles. The second kappa shape index (κ2) is 10.5.